The molecule has 1 aliphatic heterocycles. The summed E-state index contributed by atoms with van der Waals surface area (Å²) < 4.78 is 0. The topological polar surface area (TPSA) is 49.6 Å². The van der Waals surface area contributed by atoms with E-state index in [0.29, 0.717) is 18.5 Å². The Bertz CT molecular complexity index is 505. The molecule has 2 unspecified atom stereocenters. The Kier molecular flexibility index (Phi) is 4.27. The summed E-state index contributed by atoms with van der Waals surface area (Å²) in [6.45, 7) is 6.48. The number of hydrogen-bond acceptors (Lipinski definition) is 3. The zero-order chi connectivity index (χ0) is 14.8. The predicted octanol–water partition coefficient (Wildman–Crippen LogP) is 1.21. The molecule has 1 aromatic carbocycles. The van der Waals surface area contributed by atoms with Crippen LogP contribution in [0.3, 0.4) is 0 Å². The van der Waals surface area contributed by atoms with Gasteiger partial charge >= 0.3 is 0 Å². The van der Waals surface area contributed by atoms with Crippen molar-refractivity contribution < 1.29 is 4.79 Å². The number of nitrogens with zero attached hydrogens (tertiary/aromatic N) is 2. The van der Waals surface area contributed by atoms with E-state index >= 15 is 0 Å². The first kappa shape index (κ1) is 14.5. The molecule has 0 saturated carbocycles. The number of fused-ring (bicyclic) bond motifs is 1. The van der Waals surface area contributed by atoms with Crippen molar-refractivity contribution in [2.75, 3.05) is 32.7 Å². The number of rotatable bonds is 4. The molecule has 0 spiro atoms. The molecule has 21 heavy (non-hydrogen) atoms. The Morgan fingerprint density at radius 2 is 2.00 bits per heavy atom. The molecular formula is C17H25N3O. The molecule has 3 rings (SSSR count). The highest BCUT2D eigenvalue weighted by Crippen LogP contribution is 2.36. The van der Waals surface area contributed by atoms with Gasteiger partial charge in [0.15, 0.2) is 0 Å². The minimum Gasteiger partial charge on any atom is -0.340 e. The molecule has 1 amide bonds. The molecule has 1 aromatic rings. The van der Waals surface area contributed by atoms with Gasteiger partial charge in [-0.1, -0.05) is 31.2 Å². The average molecular weight is 287 g/mol. The SMILES string of the molecule is CCC(CN)N1CCN(C(=O)C2Cc3ccccc32)CC1. The van der Waals surface area contributed by atoms with Gasteiger partial charge in [-0.25, -0.2) is 0 Å². The molecule has 0 radical (unpaired) electrons. The van der Waals surface area contributed by atoms with Gasteiger partial charge < -0.3 is 10.6 Å². The Morgan fingerprint density at radius 3 is 2.62 bits per heavy atom. The van der Waals surface area contributed by atoms with Crippen molar-refractivity contribution in [2.45, 2.75) is 31.7 Å². The first-order valence-corrected chi connectivity index (χ1v) is 8.05. The molecule has 2 aliphatic rings. The number of carbonyl (C=O) groups excluding carboxylic acids is 1. The van der Waals surface area contributed by atoms with Crippen LogP contribution in [0.15, 0.2) is 24.3 Å². The fourth-order valence-corrected chi connectivity index (χ4v) is 3.58. The van der Waals surface area contributed by atoms with E-state index in [4.69, 9.17) is 5.73 Å². The molecule has 1 fully saturated rings. The quantitative estimate of drug-likeness (QED) is 0.905. The molecule has 1 aliphatic carbocycles. The molecular weight excluding hydrogens is 262 g/mol. The van der Waals surface area contributed by atoms with E-state index in [2.05, 4.69) is 30.0 Å². The number of nitrogens with two attached hydrogens (primary N) is 1. The second kappa shape index (κ2) is 6.16. The van der Waals surface area contributed by atoms with Gasteiger partial charge in [0.25, 0.3) is 0 Å². The zero-order valence-electron chi connectivity index (χ0n) is 12.8. The summed E-state index contributed by atoms with van der Waals surface area (Å²) >= 11 is 0. The number of benzene rings is 1. The summed E-state index contributed by atoms with van der Waals surface area (Å²) in [5.74, 6) is 0.415. The van der Waals surface area contributed by atoms with Crippen LogP contribution in [0.4, 0.5) is 0 Å². The molecule has 0 bridgehead atoms. The Hall–Kier alpha value is -1.39. The molecule has 2 atom stereocenters. The molecule has 1 heterocycles. The highest BCUT2D eigenvalue weighted by atomic mass is 16.2. The van der Waals surface area contributed by atoms with Crippen LogP contribution in [0, 0.1) is 0 Å². The summed E-state index contributed by atoms with van der Waals surface area (Å²) in [6, 6.07) is 8.77. The fourth-order valence-electron chi connectivity index (χ4n) is 3.58. The van der Waals surface area contributed by atoms with Crippen LogP contribution in [0.2, 0.25) is 0 Å². The number of carbonyl (C=O) groups is 1. The maximum absolute atomic E-state index is 12.6. The Labute approximate surface area is 126 Å². The van der Waals surface area contributed by atoms with Gasteiger partial charge in [0.2, 0.25) is 5.91 Å². The lowest BCUT2D eigenvalue weighted by Gasteiger charge is -2.41. The Balaban J connectivity index is 1.57. The third-order valence-corrected chi connectivity index (χ3v) is 5.04. The van der Waals surface area contributed by atoms with Crippen molar-refractivity contribution in [2.24, 2.45) is 5.73 Å². The highest BCUT2D eigenvalue weighted by Gasteiger charge is 2.36. The van der Waals surface area contributed by atoms with Gasteiger partial charge in [-0.3, -0.25) is 9.69 Å². The van der Waals surface area contributed by atoms with E-state index in [1.54, 1.807) is 0 Å². The van der Waals surface area contributed by atoms with E-state index in [1.165, 1.54) is 11.1 Å². The molecule has 1 saturated heterocycles. The van der Waals surface area contributed by atoms with Gasteiger partial charge in [-0.05, 0) is 24.0 Å². The lowest BCUT2D eigenvalue weighted by Crippen LogP contribution is -2.54. The van der Waals surface area contributed by atoms with Gasteiger partial charge in [-0.2, -0.15) is 0 Å². The minimum atomic E-state index is 0.101. The smallest absolute Gasteiger partial charge is 0.230 e. The van der Waals surface area contributed by atoms with E-state index in [9.17, 15) is 4.79 Å². The monoisotopic (exact) mass is 287 g/mol. The maximum atomic E-state index is 12.6. The summed E-state index contributed by atoms with van der Waals surface area (Å²) in [6.07, 6.45) is 2.00. The first-order chi connectivity index (χ1) is 10.2. The van der Waals surface area contributed by atoms with Crippen molar-refractivity contribution in [3.05, 3.63) is 35.4 Å². The van der Waals surface area contributed by atoms with Gasteiger partial charge in [0.1, 0.15) is 0 Å². The third kappa shape index (κ3) is 2.70. The van der Waals surface area contributed by atoms with Crippen LogP contribution < -0.4 is 5.73 Å². The average Bonchev–Trinajstić information content (AvgIpc) is 2.50. The van der Waals surface area contributed by atoms with E-state index < -0.39 is 0 Å². The van der Waals surface area contributed by atoms with E-state index in [1.807, 2.05) is 11.0 Å². The van der Waals surface area contributed by atoms with Crippen LogP contribution in [0.5, 0.6) is 0 Å². The number of piperazine rings is 1. The lowest BCUT2D eigenvalue weighted by atomic mass is 9.77. The van der Waals surface area contributed by atoms with Gasteiger partial charge in [0, 0.05) is 38.8 Å². The van der Waals surface area contributed by atoms with E-state index in [-0.39, 0.29) is 5.92 Å². The van der Waals surface area contributed by atoms with Gasteiger partial charge in [0.05, 0.1) is 5.92 Å². The van der Waals surface area contributed by atoms with Crippen molar-refractivity contribution in [1.29, 1.82) is 0 Å². The highest BCUT2D eigenvalue weighted by molar-refractivity contribution is 5.87. The first-order valence-electron chi connectivity index (χ1n) is 8.05. The summed E-state index contributed by atoms with van der Waals surface area (Å²) in [7, 11) is 0. The van der Waals surface area contributed by atoms with Crippen molar-refractivity contribution in [1.82, 2.24) is 9.80 Å². The van der Waals surface area contributed by atoms with Crippen LogP contribution in [0.25, 0.3) is 0 Å². The molecule has 2 N–H and O–H groups in total. The van der Waals surface area contributed by atoms with Crippen LogP contribution >= 0.6 is 0 Å². The molecule has 4 nitrogen and oxygen atoms in total. The second-order valence-electron chi connectivity index (χ2n) is 6.11. The van der Waals surface area contributed by atoms with Gasteiger partial charge in [-0.15, -0.1) is 0 Å². The summed E-state index contributed by atoms with van der Waals surface area (Å²) in [5.41, 5.74) is 8.39. The summed E-state index contributed by atoms with van der Waals surface area (Å²) in [4.78, 5) is 17.1. The predicted molar refractivity (Wildman–Crippen MR) is 84.2 cm³/mol. The third-order valence-electron chi connectivity index (χ3n) is 5.04. The van der Waals surface area contributed by atoms with Crippen LogP contribution in [-0.2, 0) is 11.2 Å². The fraction of sp³-hybridized carbons (Fsp3) is 0.588. The Morgan fingerprint density at radius 1 is 1.29 bits per heavy atom. The molecule has 114 valence electrons. The standard InChI is InChI=1S/C17H25N3O/c1-2-14(12-18)19-7-9-20(10-8-19)17(21)16-11-13-5-3-4-6-15(13)16/h3-6,14,16H,2,7-12,18H2,1H3. The van der Waals surface area contributed by atoms with Crippen molar-refractivity contribution in [3.8, 4) is 0 Å². The largest absolute Gasteiger partial charge is 0.340 e. The van der Waals surface area contributed by atoms with E-state index in [0.717, 1.165) is 39.0 Å². The zero-order valence-corrected chi connectivity index (χ0v) is 12.8. The number of hydrogen-bond donors (Lipinski definition) is 1. The van der Waals surface area contributed by atoms with Crippen molar-refractivity contribution in [3.63, 3.8) is 0 Å². The minimum absolute atomic E-state index is 0.101. The number of amides is 1. The molecule has 4 heteroatoms. The second-order valence-corrected chi connectivity index (χ2v) is 6.11. The maximum Gasteiger partial charge on any atom is 0.230 e. The van der Waals surface area contributed by atoms with Crippen molar-refractivity contribution >= 4 is 5.91 Å². The van der Waals surface area contributed by atoms with Crippen LogP contribution in [0.1, 0.15) is 30.4 Å². The lowest BCUT2D eigenvalue weighted by molar-refractivity contribution is -0.135. The normalized spacial score (nSPS) is 23.3. The van der Waals surface area contributed by atoms with Crippen LogP contribution in [-0.4, -0.2) is 54.5 Å². The summed E-state index contributed by atoms with van der Waals surface area (Å²) in [5, 5.41) is 0. The molecule has 0 aromatic heterocycles.